The SMILES string of the molecule is COc1ccc(N(CC(=O)N(Cc2ccccc2)C(Cc2ccccc2)C(=O)NC2CCCC2)S(=O)(=O)c2ccc(C)c([N+](=O)[O-])c2)cc1. The number of nitro benzene ring substituents is 1. The molecule has 1 fully saturated rings. The zero-order chi connectivity index (χ0) is 35.0. The van der Waals surface area contributed by atoms with Crippen LogP contribution in [-0.2, 0) is 32.6 Å². The molecule has 256 valence electrons. The number of aryl methyl sites for hydroxylation is 1. The van der Waals surface area contributed by atoms with Crippen LogP contribution >= 0.6 is 0 Å². The molecular formula is C37H40N4O7S. The normalized spacial score (nSPS) is 13.8. The van der Waals surface area contributed by atoms with Gasteiger partial charge in [-0.05, 0) is 61.2 Å². The minimum Gasteiger partial charge on any atom is -0.497 e. The van der Waals surface area contributed by atoms with Gasteiger partial charge < -0.3 is 15.0 Å². The third-order valence-corrected chi connectivity index (χ3v) is 10.5. The molecule has 0 saturated heterocycles. The maximum Gasteiger partial charge on any atom is 0.273 e. The highest BCUT2D eigenvalue weighted by Gasteiger charge is 2.36. The van der Waals surface area contributed by atoms with Crippen LogP contribution < -0.4 is 14.4 Å². The van der Waals surface area contributed by atoms with Crippen molar-refractivity contribution in [2.24, 2.45) is 0 Å². The standard InChI is InChI=1S/C37H40N4O7S/c1-27-17-22-33(24-34(27)41(44)45)49(46,47)40(31-18-20-32(48-2)21-19-31)26-36(42)39(25-29-13-7-4-8-14-29)35(23-28-11-5-3-6-12-28)37(43)38-30-15-9-10-16-30/h3-8,11-14,17-22,24,30,35H,9-10,15-16,23,25-26H2,1-2H3,(H,38,43). The predicted molar refractivity (Wildman–Crippen MR) is 187 cm³/mol. The molecule has 1 atom stereocenters. The fourth-order valence-electron chi connectivity index (χ4n) is 6.05. The summed E-state index contributed by atoms with van der Waals surface area (Å²) < 4.78 is 34.9. The Morgan fingerprint density at radius 2 is 1.53 bits per heavy atom. The maximum atomic E-state index is 14.6. The van der Waals surface area contributed by atoms with E-state index >= 15 is 0 Å². The van der Waals surface area contributed by atoms with Crippen LogP contribution in [0.3, 0.4) is 0 Å². The van der Waals surface area contributed by atoms with E-state index in [0.717, 1.165) is 47.2 Å². The van der Waals surface area contributed by atoms with Gasteiger partial charge in [-0.1, -0.05) is 79.6 Å². The average Bonchev–Trinajstić information content (AvgIpc) is 3.62. The third-order valence-electron chi connectivity index (χ3n) is 8.77. The van der Waals surface area contributed by atoms with Crippen LogP contribution in [0.25, 0.3) is 0 Å². The minimum atomic E-state index is -4.53. The van der Waals surface area contributed by atoms with E-state index in [0.29, 0.717) is 11.3 Å². The average molecular weight is 685 g/mol. The first-order valence-electron chi connectivity index (χ1n) is 16.2. The van der Waals surface area contributed by atoms with Crippen LogP contribution in [0.15, 0.2) is 108 Å². The molecule has 0 heterocycles. The molecule has 12 heteroatoms. The summed E-state index contributed by atoms with van der Waals surface area (Å²) in [4.78, 5) is 40.9. The Morgan fingerprint density at radius 1 is 0.918 bits per heavy atom. The largest absolute Gasteiger partial charge is 0.497 e. The quantitative estimate of drug-likeness (QED) is 0.131. The first kappa shape index (κ1) is 35.1. The number of amides is 2. The van der Waals surface area contributed by atoms with Crippen LogP contribution in [0, 0.1) is 17.0 Å². The van der Waals surface area contributed by atoms with Crippen molar-refractivity contribution in [3.8, 4) is 5.75 Å². The zero-order valence-corrected chi connectivity index (χ0v) is 28.3. The maximum absolute atomic E-state index is 14.6. The summed E-state index contributed by atoms with van der Waals surface area (Å²) >= 11 is 0. The molecule has 1 aliphatic carbocycles. The second kappa shape index (κ2) is 15.8. The third kappa shape index (κ3) is 8.63. The smallest absolute Gasteiger partial charge is 0.273 e. The topological polar surface area (TPSA) is 139 Å². The van der Waals surface area contributed by atoms with Gasteiger partial charge in [-0.25, -0.2) is 8.42 Å². The number of methoxy groups -OCH3 is 1. The van der Waals surface area contributed by atoms with Crippen molar-refractivity contribution in [1.82, 2.24) is 10.2 Å². The lowest BCUT2D eigenvalue weighted by molar-refractivity contribution is -0.385. The number of benzene rings is 4. The summed E-state index contributed by atoms with van der Waals surface area (Å²) in [6.45, 7) is 0.886. The predicted octanol–water partition coefficient (Wildman–Crippen LogP) is 5.81. The van der Waals surface area contributed by atoms with Crippen molar-refractivity contribution in [3.63, 3.8) is 0 Å². The second-order valence-corrected chi connectivity index (χ2v) is 14.0. The van der Waals surface area contributed by atoms with E-state index in [9.17, 15) is 28.1 Å². The van der Waals surface area contributed by atoms with E-state index in [1.807, 2.05) is 60.7 Å². The fraction of sp³-hybridized carbons (Fsp3) is 0.297. The van der Waals surface area contributed by atoms with Crippen molar-refractivity contribution < 1.29 is 27.7 Å². The van der Waals surface area contributed by atoms with Gasteiger partial charge >= 0.3 is 0 Å². The lowest BCUT2D eigenvalue weighted by atomic mass is 10.0. The van der Waals surface area contributed by atoms with Crippen LogP contribution in [0.2, 0.25) is 0 Å². The molecule has 1 unspecified atom stereocenters. The first-order chi connectivity index (χ1) is 23.6. The Balaban J connectivity index is 1.58. The molecule has 2 amide bonds. The summed E-state index contributed by atoms with van der Waals surface area (Å²) in [6.07, 6.45) is 3.92. The van der Waals surface area contributed by atoms with Crippen LogP contribution in [0.1, 0.15) is 42.4 Å². The van der Waals surface area contributed by atoms with Crippen molar-refractivity contribution in [1.29, 1.82) is 0 Å². The molecule has 1 saturated carbocycles. The van der Waals surface area contributed by atoms with E-state index in [1.165, 1.54) is 43.2 Å². The summed E-state index contributed by atoms with van der Waals surface area (Å²) in [6, 6.07) is 27.4. The Kier molecular flexibility index (Phi) is 11.3. The van der Waals surface area contributed by atoms with E-state index in [4.69, 9.17) is 4.74 Å². The Bertz CT molecular complexity index is 1860. The molecule has 0 aromatic heterocycles. The highest BCUT2D eigenvalue weighted by atomic mass is 32.2. The fourth-order valence-corrected chi connectivity index (χ4v) is 7.49. The van der Waals surface area contributed by atoms with Gasteiger partial charge in [-0.2, -0.15) is 0 Å². The molecule has 4 aromatic rings. The molecular weight excluding hydrogens is 644 g/mol. The number of nitro groups is 1. The molecule has 49 heavy (non-hydrogen) atoms. The summed E-state index contributed by atoms with van der Waals surface area (Å²) in [5, 5.41) is 14.9. The van der Waals surface area contributed by atoms with Crippen LogP contribution in [-0.4, -0.2) is 55.8 Å². The lowest BCUT2D eigenvalue weighted by Crippen LogP contribution is -2.54. The van der Waals surface area contributed by atoms with Gasteiger partial charge in [-0.3, -0.25) is 24.0 Å². The van der Waals surface area contributed by atoms with Gasteiger partial charge in [0.15, 0.2) is 0 Å². The van der Waals surface area contributed by atoms with Crippen molar-refractivity contribution in [2.75, 3.05) is 18.0 Å². The van der Waals surface area contributed by atoms with Crippen LogP contribution in [0.4, 0.5) is 11.4 Å². The minimum absolute atomic E-state index is 0.00652. The molecule has 1 N–H and O–H groups in total. The highest BCUT2D eigenvalue weighted by Crippen LogP contribution is 2.30. The Labute approximate surface area is 286 Å². The number of rotatable bonds is 14. The Hall–Kier alpha value is -5.23. The second-order valence-electron chi connectivity index (χ2n) is 12.1. The molecule has 4 aromatic carbocycles. The number of nitrogens with one attached hydrogen (secondary N) is 1. The molecule has 11 nitrogen and oxygen atoms in total. The summed E-state index contributed by atoms with van der Waals surface area (Å²) in [5.41, 5.74) is 1.68. The van der Waals surface area contributed by atoms with E-state index < -0.39 is 33.4 Å². The monoisotopic (exact) mass is 684 g/mol. The van der Waals surface area contributed by atoms with E-state index in [-0.39, 0.29) is 41.2 Å². The van der Waals surface area contributed by atoms with Gasteiger partial charge in [0.25, 0.3) is 15.7 Å². The van der Waals surface area contributed by atoms with E-state index in [2.05, 4.69) is 5.32 Å². The number of hydrogen-bond donors (Lipinski definition) is 1. The van der Waals surface area contributed by atoms with Gasteiger partial charge in [0.1, 0.15) is 18.3 Å². The summed E-state index contributed by atoms with van der Waals surface area (Å²) in [7, 11) is -3.06. The van der Waals surface area contributed by atoms with Crippen molar-refractivity contribution in [3.05, 3.63) is 130 Å². The zero-order valence-electron chi connectivity index (χ0n) is 27.5. The van der Waals surface area contributed by atoms with Gasteiger partial charge in [0, 0.05) is 30.6 Å². The number of ether oxygens (including phenoxy) is 1. The molecule has 0 bridgehead atoms. The van der Waals surface area contributed by atoms with Crippen LogP contribution in [0.5, 0.6) is 5.75 Å². The van der Waals surface area contributed by atoms with Gasteiger partial charge in [0.2, 0.25) is 11.8 Å². The Morgan fingerprint density at radius 3 is 2.12 bits per heavy atom. The number of sulfonamides is 1. The van der Waals surface area contributed by atoms with Crippen molar-refractivity contribution >= 4 is 33.2 Å². The van der Waals surface area contributed by atoms with E-state index in [1.54, 1.807) is 12.1 Å². The van der Waals surface area contributed by atoms with Crippen molar-refractivity contribution in [2.45, 2.75) is 62.6 Å². The number of carbonyl (C=O) groups excluding carboxylic acids is 2. The number of anilines is 1. The number of nitrogens with zero attached hydrogens (tertiary/aromatic N) is 3. The first-order valence-corrected chi connectivity index (χ1v) is 17.6. The molecule has 1 aliphatic rings. The number of carbonyl (C=O) groups is 2. The molecule has 0 radical (unpaired) electrons. The summed E-state index contributed by atoms with van der Waals surface area (Å²) in [5.74, 6) is -0.462. The molecule has 0 aliphatic heterocycles. The number of hydrogen-bond acceptors (Lipinski definition) is 7. The highest BCUT2D eigenvalue weighted by molar-refractivity contribution is 7.92. The van der Waals surface area contributed by atoms with Gasteiger partial charge in [-0.15, -0.1) is 0 Å². The lowest BCUT2D eigenvalue weighted by Gasteiger charge is -2.34. The molecule has 0 spiro atoms. The van der Waals surface area contributed by atoms with Gasteiger partial charge in [0.05, 0.1) is 22.6 Å². The molecule has 5 rings (SSSR count).